The third-order valence-corrected chi connectivity index (χ3v) is 5.24. The Morgan fingerprint density at radius 3 is 2.78 bits per heavy atom. The lowest BCUT2D eigenvalue weighted by Crippen LogP contribution is -2.39. The van der Waals surface area contributed by atoms with Gasteiger partial charge in [-0.15, -0.1) is 0 Å². The number of carbonyl (C=O) groups is 1. The van der Waals surface area contributed by atoms with Gasteiger partial charge in [-0.25, -0.2) is 4.39 Å². The predicted octanol–water partition coefficient (Wildman–Crippen LogP) is 4.61. The fourth-order valence-electron chi connectivity index (χ4n) is 3.73. The Labute approximate surface area is 162 Å². The standard InChI is InChI=1S/C21H19ClFN3O/c1-21(2)9-16-18(17(27)10-21)19(14-6-5-13(23)8-15(14)22)26-20(25-16)12-4-3-7-24-11-12/h3-8,11,19H,9-10H2,1-2H3,(H,25,26). The lowest BCUT2D eigenvalue weighted by Gasteiger charge is -2.37. The number of allylic oxidation sites excluding steroid dienone is 1. The first-order valence-electron chi connectivity index (χ1n) is 8.80. The van der Waals surface area contributed by atoms with Gasteiger partial charge in [-0.3, -0.25) is 14.8 Å². The smallest absolute Gasteiger partial charge is 0.163 e. The van der Waals surface area contributed by atoms with Crippen LogP contribution in [0.15, 0.2) is 59.0 Å². The highest BCUT2D eigenvalue weighted by atomic mass is 35.5. The molecule has 6 heteroatoms. The summed E-state index contributed by atoms with van der Waals surface area (Å²) >= 11 is 6.32. The average molecular weight is 384 g/mol. The van der Waals surface area contributed by atoms with Gasteiger partial charge in [0.15, 0.2) is 5.78 Å². The lowest BCUT2D eigenvalue weighted by atomic mass is 9.73. The number of benzene rings is 1. The molecule has 27 heavy (non-hydrogen) atoms. The number of hydrogen-bond acceptors (Lipinski definition) is 4. The van der Waals surface area contributed by atoms with Crippen LogP contribution in [0.3, 0.4) is 0 Å². The number of amidine groups is 1. The second kappa shape index (κ2) is 6.57. The molecule has 0 saturated heterocycles. The zero-order valence-electron chi connectivity index (χ0n) is 15.1. The van der Waals surface area contributed by atoms with E-state index in [1.807, 2.05) is 12.1 Å². The molecule has 1 aliphatic carbocycles. The Bertz CT molecular complexity index is 982. The van der Waals surface area contributed by atoms with Gasteiger partial charge in [0.05, 0.1) is 0 Å². The lowest BCUT2D eigenvalue weighted by molar-refractivity contribution is -0.118. The first-order valence-corrected chi connectivity index (χ1v) is 9.18. The summed E-state index contributed by atoms with van der Waals surface area (Å²) in [5, 5.41) is 3.60. The number of halogens is 2. The molecule has 0 fully saturated rings. The maximum absolute atomic E-state index is 13.5. The normalized spacial score (nSPS) is 21.4. The second-order valence-corrected chi connectivity index (χ2v) is 8.15. The fourth-order valence-corrected chi connectivity index (χ4v) is 4.00. The zero-order valence-corrected chi connectivity index (χ0v) is 15.8. The molecule has 1 aromatic heterocycles. The van der Waals surface area contributed by atoms with Gasteiger partial charge in [0.25, 0.3) is 0 Å². The van der Waals surface area contributed by atoms with Crippen molar-refractivity contribution in [3.63, 3.8) is 0 Å². The molecule has 2 heterocycles. The van der Waals surface area contributed by atoms with Crippen molar-refractivity contribution >= 4 is 23.2 Å². The van der Waals surface area contributed by atoms with Crippen LogP contribution in [0.4, 0.5) is 4.39 Å². The molecule has 0 spiro atoms. The van der Waals surface area contributed by atoms with E-state index in [0.29, 0.717) is 23.4 Å². The molecule has 2 aromatic rings. The quantitative estimate of drug-likeness (QED) is 0.824. The molecular weight excluding hydrogens is 365 g/mol. The van der Waals surface area contributed by atoms with Crippen LogP contribution in [-0.4, -0.2) is 16.6 Å². The largest absolute Gasteiger partial charge is 0.343 e. The van der Waals surface area contributed by atoms with Crippen LogP contribution in [0.25, 0.3) is 0 Å². The molecule has 1 aromatic carbocycles. The minimum absolute atomic E-state index is 0.0492. The van der Waals surface area contributed by atoms with Gasteiger partial charge in [0.1, 0.15) is 17.7 Å². The van der Waals surface area contributed by atoms with Crippen LogP contribution < -0.4 is 5.32 Å². The Hall–Kier alpha value is -2.53. The molecule has 1 N–H and O–H groups in total. The van der Waals surface area contributed by atoms with E-state index in [4.69, 9.17) is 16.6 Å². The van der Waals surface area contributed by atoms with Crippen molar-refractivity contribution in [2.75, 3.05) is 0 Å². The number of ketones is 1. The number of aliphatic imine (C=N–C) groups is 1. The van der Waals surface area contributed by atoms with Crippen molar-refractivity contribution in [2.45, 2.75) is 32.7 Å². The Kier molecular flexibility index (Phi) is 4.35. The minimum Gasteiger partial charge on any atom is -0.343 e. The van der Waals surface area contributed by atoms with E-state index >= 15 is 0 Å². The van der Waals surface area contributed by atoms with E-state index < -0.39 is 11.9 Å². The monoisotopic (exact) mass is 383 g/mol. The molecule has 0 bridgehead atoms. The van der Waals surface area contributed by atoms with E-state index in [2.05, 4.69) is 24.1 Å². The molecule has 0 amide bonds. The number of Topliss-reactive ketones (excluding diaryl/α,β-unsaturated/α-hetero) is 1. The van der Waals surface area contributed by atoms with E-state index in [1.54, 1.807) is 18.5 Å². The first-order chi connectivity index (χ1) is 12.8. The van der Waals surface area contributed by atoms with Crippen LogP contribution >= 0.6 is 11.6 Å². The Morgan fingerprint density at radius 2 is 2.07 bits per heavy atom. The minimum atomic E-state index is -0.562. The molecule has 2 aliphatic rings. The summed E-state index contributed by atoms with van der Waals surface area (Å²) in [4.78, 5) is 21.9. The third kappa shape index (κ3) is 3.39. The summed E-state index contributed by atoms with van der Waals surface area (Å²) < 4.78 is 13.5. The van der Waals surface area contributed by atoms with Crippen molar-refractivity contribution in [1.29, 1.82) is 0 Å². The number of aromatic nitrogens is 1. The topological polar surface area (TPSA) is 54.4 Å². The number of hydrogen-bond donors (Lipinski definition) is 1. The highest BCUT2D eigenvalue weighted by molar-refractivity contribution is 6.31. The molecule has 1 aliphatic heterocycles. The van der Waals surface area contributed by atoms with E-state index in [0.717, 1.165) is 17.7 Å². The van der Waals surface area contributed by atoms with Crippen molar-refractivity contribution in [2.24, 2.45) is 10.4 Å². The number of carbonyl (C=O) groups excluding carboxylic acids is 1. The van der Waals surface area contributed by atoms with Gasteiger partial charge in [0, 0.05) is 46.2 Å². The summed E-state index contributed by atoms with van der Waals surface area (Å²) in [6, 6.07) is 7.39. The SMILES string of the molecule is CC1(C)CC(=O)C2=C(C1)NC(c1cccnc1)=NC2c1ccc(F)cc1Cl. The summed E-state index contributed by atoms with van der Waals surface area (Å²) in [6.07, 6.45) is 4.58. The van der Waals surface area contributed by atoms with Gasteiger partial charge in [-0.2, -0.15) is 0 Å². The molecular formula is C21H19ClFN3O. The molecule has 4 rings (SSSR count). The van der Waals surface area contributed by atoms with Crippen LogP contribution in [0.2, 0.25) is 5.02 Å². The number of rotatable bonds is 2. The van der Waals surface area contributed by atoms with Crippen LogP contribution in [-0.2, 0) is 4.79 Å². The number of nitrogens with zero attached hydrogens (tertiary/aromatic N) is 2. The number of nitrogens with one attached hydrogen (secondary N) is 1. The summed E-state index contributed by atoms with van der Waals surface area (Å²) in [7, 11) is 0. The third-order valence-electron chi connectivity index (χ3n) is 4.91. The molecule has 1 unspecified atom stereocenters. The summed E-state index contributed by atoms with van der Waals surface area (Å²) in [6.45, 7) is 4.15. The van der Waals surface area contributed by atoms with Crippen LogP contribution in [0, 0.1) is 11.2 Å². The molecule has 0 saturated carbocycles. The van der Waals surface area contributed by atoms with Gasteiger partial charge in [-0.05, 0) is 36.1 Å². The maximum Gasteiger partial charge on any atom is 0.163 e. The van der Waals surface area contributed by atoms with E-state index in [1.165, 1.54) is 12.1 Å². The van der Waals surface area contributed by atoms with Gasteiger partial charge < -0.3 is 5.32 Å². The van der Waals surface area contributed by atoms with Crippen molar-refractivity contribution < 1.29 is 9.18 Å². The first kappa shape index (κ1) is 17.9. The highest BCUT2D eigenvalue weighted by Crippen LogP contribution is 2.44. The van der Waals surface area contributed by atoms with Crippen LogP contribution in [0.1, 0.15) is 43.9 Å². The van der Waals surface area contributed by atoms with E-state index in [9.17, 15) is 9.18 Å². The average Bonchev–Trinajstić information content (AvgIpc) is 2.60. The summed E-state index contributed by atoms with van der Waals surface area (Å²) in [5.74, 6) is 0.269. The van der Waals surface area contributed by atoms with Crippen LogP contribution in [0.5, 0.6) is 0 Å². The van der Waals surface area contributed by atoms with E-state index in [-0.39, 0.29) is 16.2 Å². The fraction of sp³-hybridized carbons (Fsp3) is 0.286. The molecule has 4 nitrogen and oxygen atoms in total. The Balaban J connectivity index is 1.87. The van der Waals surface area contributed by atoms with Gasteiger partial charge >= 0.3 is 0 Å². The van der Waals surface area contributed by atoms with Gasteiger partial charge in [0.2, 0.25) is 0 Å². The molecule has 138 valence electrons. The highest BCUT2D eigenvalue weighted by Gasteiger charge is 2.40. The zero-order chi connectivity index (χ0) is 19.2. The van der Waals surface area contributed by atoms with Crippen molar-refractivity contribution in [3.05, 3.63) is 76.0 Å². The van der Waals surface area contributed by atoms with Crippen molar-refractivity contribution in [3.8, 4) is 0 Å². The predicted molar refractivity (Wildman–Crippen MR) is 103 cm³/mol. The molecule has 0 radical (unpaired) electrons. The van der Waals surface area contributed by atoms with Crippen molar-refractivity contribution in [1.82, 2.24) is 10.3 Å². The molecule has 1 atom stereocenters. The second-order valence-electron chi connectivity index (χ2n) is 7.75. The number of pyridine rings is 1. The summed E-state index contributed by atoms with van der Waals surface area (Å²) in [5.41, 5.74) is 2.79. The Morgan fingerprint density at radius 1 is 1.26 bits per heavy atom. The van der Waals surface area contributed by atoms with Gasteiger partial charge in [-0.1, -0.05) is 31.5 Å². The maximum atomic E-state index is 13.5.